The molecule has 1 saturated carbocycles. The number of nitrogens with zero attached hydrogens (tertiary/aromatic N) is 1. The third-order valence-electron chi connectivity index (χ3n) is 5.31. The maximum Gasteiger partial charge on any atom is 0.225 e. The van der Waals surface area contributed by atoms with Crippen LogP contribution in [0.25, 0.3) is 0 Å². The molecule has 0 aromatic carbocycles. The first kappa shape index (κ1) is 15.1. The lowest BCUT2D eigenvalue weighted by atomic mass is 9.83. The normalized spacial score (nSPS) is 31.1. The average molecular weight is 290 g/mol. The summed E-state index contributed by atoms with van der Waals surface area (Å²) in [5, 5.41) is 3.77. The predicted octanol–water partition coefficient (Wildman–Crippen LogP) is 2.97. The summed E-state index contributed by atoms with van der Waals surface area (Å²) >= 11 is 0. The summed E-state index contributed by atoms with van der Waals surface area (Å²) in [5.74, 6) is 2.35. The van der Waals surface area contributed by atoms with Gasteiger partial charge in [-0.05, 0) is 63.8 Å². The highest BCUT2D eigenvalue weighted by atomic mass is 16.2. The molecule has 3 rings (SSSR count). The molecule has 1 heterocycles. The van der Waals surface area contributed by atoms with E-state index >= 15 is 0 Å². The number of carbonyl (C=O) groups is 1. The fourth-order valence-electron chi connectivity index (χ4n) is 4.07. The minimum atomic E-state index is 0.382. The molecule has 2 aliphatic carbocycles. The first-order valence-corrected chi connectivity index (χ1v) is 8.81. The average Bonchev–Trinajstić information content (AvgIpc) is 3.28. The van der Waals surface area contributed by atoms with Crippen LogP contribution in [0.15, 0.2) is 11.6 Å². The molecule has 3 heteroatoms. The molecule has 2 unspecified atom stereocenters. The molecule has 2 fully saturated rings. The van der Waals surface area contributed by atoms with Gasteiger partial charge in [-0.15, -0.1) is 0 Å². The van der Waals surface area contributed by atoms with Crippen molar-refractivity contribution < 1.29 is 4.79 Å². The second-order valence-electron chi connectivity index (χ2n) is 7.58. The molecule has 1 amide bonds. The zero-order chi connectivity index (χ0) is 14.8. The van der Waals surface area contributed by atoms with E-state index in [1.54, 1.807) is 5.57 Å². The van der Waals surface area contributed by atoms with E-state index in [-0.39, 0.29) is 0 Å². The Hall–Kier alpha value is -0.830. The molecule has 2 atom stereocenters. The van der Waals surface area contributed by atoms with E-state index in [2.05, 4.69) is 30.1 Å². The van der Waals surface area contributed by atoms with Crippen LogP contribution in [0.1, 0.15) is 52.4 Å². The zero-order valence-electron chi connectivity index (χ0n) is 13.6. The van der Waals surface area contributed by atoms with Crippen molar-refractivity contribution in [1.82, 2.24) is 10.2 Å². The zero-order valence-corrected chi connectivity index (χ0v) is 13.6. The summed E-state index contributed by atoms with van der Waals surface area (Å²) in [4.78, 5) is 14.1. The smallest absolute Gasteiger partial charge is 0.225 e. The summed E-state index contributed by atoms with van der Waals surface area (Å²) < 4.78 is 0. The van der Waals surface area contributed by atoms with Crippen molar-refractivity contribution in [1.29, 1.82) is 0 Å². The molecule has 0 aromatic rings. The number of amides is 1. The van der Waals surface area contributed by atoms with Gasteiger partial charge in [0.1, 0.15) is 0 Å². The van der Waals surface area contributed by atoms with Gasteiger partial charge in [-0.25, -0.2) is 0 Å². The molecular formula is C18H30N2O. The van der Waals surface area contributed by atoms with Crippen LogP contribution in [-0.2, 0) is 4.79 Å². The van der Waals surface area contributed by atoms with Crippen LogP contribution in [0, 0.1) is 17.8 Å². The molecule has 1 aliphatic heterocycles. The number of allylic oxidation sites excluding steroid dienone is 2. The fraction of sp³-hybridized carbons (Fsp3) is 0.833. The van der Waals surface area contributed by atoms with Gasteiger partial charge in [0.15, 0.2) is 0 Å². The van der Waals surface area contributed by atoms with Crippen LogP contribution in [0.2, 0.25) is 0 Å². The summed E-state index contributed by atoms with van der Waals surface area (Å²) in [6.45, 7) is 7.68. The van der Waals surface area contributed by atoms with Crippen LogP contribution in [0.4, 0.5) is 0 Å². The Balaban J connectivity index is 1.37. The number of likely N-dealkylation sites (tertiary alicyclic amines) is 1. The van der Waals surface area contributed by atoms with Gasteiger partial charge in [0.2, 0.25) is 5.91 Å². The van der Waals surface area contributed by atoms with Crippen LogP contribution in [-0.4, -0.2) is 36.5 Å². The molecule has 0 spiro atoms. The van der Waals surface area contributed by atoms with Crippen molar-refractivity contribution in [3.63, 3.8) is 0 Å². The lowest BCUT2D eigenvalue weighted by Crippen LogP contribution is -2.46. The van der Waals surface area contributed by atoms with Gasteiger partial charge in [0.25, 0.3) is 0 Å². The molecule has 21 heavy (non-hydrogen) atoms. The molecule has 0 radical (unpaired) electrons. The lowest BCUT2D eigenvalue weighted by Gasteiger charge is -2.34. The van der Waals surface area contributed by atoms with Gasteiger partial charge < -0.3 is 10.2 Å². The SMILES string of the molecule is CC1=CC(C)CC(CNC2CCN(C(=O)C3CC3)CC2)C1. The second kappa shape index (κ2) is 6.51. The van der Waals surface area contributed by atoms with Crippen LogP contribution < -0.4 is 5.32 Å². The van der Waals surface area contributed by atoms with Crippen molar-refractivity contribution in [2.45, 2.75) is 58.4 Å². The standard InChI is InChI=1S/C18H30N2O/c1-13-9-14(2)11-15(10-13)12-19-17-5-7-20(8-6-17)18(21)16-3-4-16/h9,13,15-17,19H,3-8,10-12H2,1-2H3. The van der Waals surface area contributed by atoms with E-state index in [1.807, 2.05) is 0 Å². The Morgan fingerprint density at radius 2 is 2.00 bits per heavy atom. The Morgan fingerprint density at radius 1 is 1.29 bits per heavy atom. The Labute approximate surface area is 129 Å². The topological polar surface area (TPSA) is 32.3 Å². The minimum Gasteiger partial charge on any atom is -0.342 e. The van der Waals surface area contributed by atoms with Gasteiger partial charge in [0.05, 0.1) is 0 Å². The van der Waals surface area contributed by atoms with E-state index in [0.29, 0.717) is 17.9 Å². The van der Waals surface area contributed by atoms with E-state index in [1.165, 1.54) is 12.8 Å². The predicted molar refractivity (Wildman–Crippen MR) is 86.0 cm³/mol. The van der Waals surface area contributed by atoms with Gasteiger partial charge in [-0.2, -0.15) is 0 Å². The van der Waals surface area contributed by atoms with E-state index in [0.717, 1.165) is 57.2 Å². The highest BCUT2D eigenvalue weighted by Gasteiger charge is 2.34. The lowest BCUT2D eigenvalue weighted by molar-refractivity contribution is -0.133. The number of hydrogen-bond donors (Lipinski definition) is 1. The third kappa shape index (κ3) is 4.09. The summed E-state index contributed by atoms with van der Waals surface area (Å²) in [6, 6.07) is 0.620. The van der Waals surface area contributed by atoms with Crippen molar-refractivity contribution in [3.05, 3.63) is 11.6 Å². The maximum absolute atomic E-state index is 12.0. The van der Waals surface area contributed by atoms with Gasteiger partial charge in [-0.3, -0.25) is 4.79 Å². The number of piperidine rings is 1. The molecule has 0 bridgehead atoms. The summed E-state index contributed by atoms with van der Waals surface area (Å²) in [5.41, 5.74) is 1.56. The van der Waals surface area contributed by atoms with Crippen molar-refractivity contribution in [2.75, 3.05) is 19.6 Å². The van der Waals surface area contributed by atoms with Crippen LogP contribution >= 0.6 is 0 Å². The Kier molecular flexibility index (Phi) is 4.68. The number of nitrogens with one attached hydrogen (secondary N) is 1. The fourth-order valence-corrected chi connectivity index (χ4v) is 4.07. The Morgan fingerprint density at radius 3 is 2.62 bits per heavy atom. The molecule has 118 valence electrons. The summed E-state index contributed by atoms with van der Waals surface area (Å²) in [7, 11) is 0. The monoisotopic (exact) mass is 290 g/mol. The maximum atomic E-state index is 12.0. The van der Waals surface area contributed by atoms with E-state index in [4.69, 9.17) is 0 Å². The molecular weight excluding hydrogens is 260 g/mol. The minimum absolute atomic E-state index is 0.382. The molecule has 3 aliphatic rings. The number of hydrogen-bond acceptors (Lipinski definition) is 2. The largest absolute Gasteiger partial charge is 0.342 e. The second-order valence-corrected chi connectivity index (χ2v) is 7.58. The van der Waals surface area contributed by atoms with Gasteiger partial charge in [0, 0.05) is 25.0 Å². The van der Waals surface area contributed by atoms with Gasteiger partial charge in [-0.1, -0.05) is 18.6 Å². The highest BCUT2D eigenvalue weighted by molar-refractivity contribution is 5.81. The molecule has 1 saturated heterocycles. The van der Waals surface area contributed by atoms with Crippen molar-refractivity contribution in [3.8, 4) is 0 Å². The third-order valence-corrected chi connectivity index (χ3v) is 5.31. The Bertz CT molecular complexity index is 405. The quantitative estimate of drug-likeness (QED) is 0.807. The molecule has 0 aromatic heterocycles. The first-order valence-electron chi connectivity index (χ1n) is 8.81. The van der Waals surface area contributed by atoms with Crippen molar-refractivity contribution in [2.24, 2.45) is 17.8 Å². The highest BCUT2D eigenvalue weighted by Crippen LogP contribution is 2.32. The van der Waals surface area contributed by atoms with E-state index in [9.17, 15) is 4.79 Å². The molecule has 3 nitrogen and oxygen atoms in total. The van der Waals surface area contributed by atoms with Crippen molar-refractivity contribution >= 4 is 5.91 Å². The summed E-state index contributed by atoms with van der Waals surface area (Å²) in [6.07, 6.45) is 9.54. The first-order chi connectivity index (χ1) is 10.1. The van der Waals surface area contributed by atoms with E-state index < -0.39 is 0 Å². The van der Waals surface area contributed by atoms with Gasteiger partial charge >= 0.3 is 0 Å². The molecule has 1 N–H and O–H groups in total. The van der Waals surface area contributed by atoms with Crippen LogP contribution in [0.5, 0.6) is 0 Å². The van der Waals surface area contributed by atoms with Crippen LogP contribution in [0.3, 0.4) is 0 Å². The number of rotatable bonds is 4. The number of carbonyl (C=O) groups excluding carboxylic acids is 1.